The Hall–Kier alpha value is -0.750. The van der Waals surface area contributed by atoms with E-state index in [2.05, 4.69) is 20.9 Å². The lowest BCUT2D eigenvalue weighted by molar-refractivity contribution is 0.145. The molecule has 0 amide bonds. The van der Waals surface area contributed by atoms with Crippen molar-refractivity contribution in [2.45, 2.75) is 13.0 Å². The highest BCUT2D eigenvalue weighted by molar-refractivity contribution is 9.10. The Morgan fingerprint density at radius 3 is 2.69 bits per heavy atom. The molecule has 0 aliphatic heterocycles. The average Bonchev–Trinajstić information content (AvgIpc) is 2.01. The molecule has 0 spiro atoms. The number of aliphatic hydroxyl groups is 1. The molecule has 13 heavy (non-hydrogen) atoms. The van der Waals surface area contributed by atoms with E-state index in [-0.39, 0.29) is 10.2 Å². The van der Waals surface area contributed by atoms with Crippen LogP contribution in [0.3, 0.4) is 0 Å². The molecular weight excluding hydrogens is 248 g/mol. The van der Waals surface area contributed by atoms with E-state index in [1.54, 1.807) is 0 Å². The molecule has 1 rings (SSSR count). The van der Waals surface area contributed by atoms with Crippen LogP contribution in [0, 0.1) is 0 Å². The van der Waals surface area contributed by atoms with E-state index in [0.717, 1.165) is 0 Å². The maximum absolute atomic E-state index is 12.3. The van der Waals surface area contributed by atoms with E-state index < -0.39 is 24.2 Å². The largest absolute Gasteiger partial charge is 0.392 e. The summed E-state index contributed by atoms with van der Waals surface area (Å²) in [4.78, 5) is 13.1. The van der Waals surface area contributed by atoms with Crippen molar-refractivity contribution in [2.75, 3.05) is 0 Å². The fourth-order valence-electron chi connectivity index (χ4n) is 0.958. The molecule has 72 valence electrons. The highest BCUT2D eigenvalue weighted by Gasteiger charge is 2.17. The summed E-state index contributed by atoms with van der Waals surface area (Å²) < 4.78 is 24.8. The normalized spacial score (nSPS) is 10.8. The zero-order valence-corrected chi connectivity index (χ0v) is 7.94. The summed E-state index contributed by atoms with van der Waals surface area (Å²) >= 11 is 2.93. The van der Waals surface area contributed by atoms with Crippen LogP contribution < -0.4 is 5.56 Å². The molecule has 0 saturated heterocycles. The molecule has 0 bridgehead atoms. The Balaban J connectivity index is 3.39. The molecule has 2 N–H and O–H groups in total. The van der Waals surface area contributed by atoms with Gasteiger partial charge in [-0.15, -0.1) is 0 Å². The first-order valence-electron chi connectivity index (χ1n) is 3.37. The number of aliphatic hydroxyl groups excluding tert-OH is 1. The number of alkyl halides is 2. The molecule has 0 unspecified atom stereocenters. The lowest BCUT2D eigenvalue weighted by Crippen LogP contribution is -2.16. The standard InChI is InChI=1S/C7H6BrF2NO2/c8-4-1-3(2-12)5(6(9)10)7(13)11-4/h1,6,12H,2H2,(H,11,13). The number of rotatable bonds is 2. The van der Waals surface area contributed by atoms with Crippen LogP contribution in [0.25, 0.3) is 0 Å². The molecule has 0 aromatic carbocycles. The van der Waals surface area contributed by atoms with E-state index >= 15 is 0 Å². The van der Waals surface area contributed by atoms with Gasteiger partial charge in [0, 0.05) is 0 Å². The average molecular weight is 254 g/mol. The van der Waals surface area contributed by atoms with E-state index in [4.69, 9.17) is 5.11 Å². The van der Waals surface area contributed by atoms with Gasteiger partial charge in [0.2, 0.25) is 0 Å². The van der Waals surface area contributed by atoms with Gasteiger partial charge < -0.3 is 10.1 Å². The van der Waals surface area contributed by atoms with Gasteiger partial charge in [-0.1, -0.05) is 0 Å². The van der Waals surface area contributed by atoms with Gasteiger partial charge in [0.05, 0.1) is 16.8 Å². The van der Waals surface area contributed by atoms with E-state index in [9.17, 15) is 13.6 Å². The lowest BCUT2D eigenvalue weighted by Gasteiger charge is -2.04. The van der Waals surface area contributed by atoms with Crippen molar-refractivity contribution in [2.24, 2.45) is 0 Å². The van der Waals surface area contributed by atoms with Crippen LogP contribution in [0.2, 0.25) is 0 Å². The molecule has 0 aliphatic rings. The van der Waals surface area contributed by atoms with Gasteiger partial charge >= 0.3 is 0 Å². The third-order valence-corrected chi connectivity index (χ3v) is 1.94. The predicted molar refractivity (Wildman–Crippen MR) is 45.6 cm³/mol. The Bertz CT molecular complexity index is 364. The van der Waals surface area contributed by atoms with Crippen LogP contribution in [0.4, 0.5) is 8.78 Å². The van der Waals surface area contributed by atoms with Crippen molar-refractivity contribution in [3.8, 4) is 0 Å². The van der Waals surface area contributed by atoms with Crippen molar-refractivity contribution >= 4 is 15.9 Å². The van der Waals surface area contributed by atoms with Gasteiger partial charge in [0.15, 0.2) is 0 Å². The minimum Gasteiger partial charge on any atom is -0.392 e. The van der Waals surface area contributed by atoms with Gasteiger partial charge in [-0.2, -0.15) is 0 Å². The summed E-state index contributed by atoms with van der Waals surface area (Å²) in [7, 11) is 0. The first-order valence-corrected chi connectivity index (χ1v) is 4.16. The second-order valence-corrected chi connectivity index (χ2v) is 3.20. The second-order valence-electron chi connectivity index (χ2n) is 2.34. The number of pyridine rings is 1. The third kappa shape index (κ3) is 2.13. The highest BCUT2D eigenvalue weighted by Crippen LogP contribution is 2.20. The summed E-state index contributed by atoms with van der Waals surface area (Å²) in [6.45, 7) is -0.581. The summed E-state index contributed by atoms with van der Waals surface area (Å²) in [6, 6.07) is 1.25. The zero-order chi connectivity index (χ0) is 10.0. The maximum atomic E-state index is 12.3. The third-order valence-electron chi connectivity index (χ3n) is 1.51. The van der Waals surface area contributed by atoms with Crippen LogP contribution in [0.5, 0.6) is 0 Å². The molecule has 1 heterocycles. The number of halogens is 3. The maximum Gasteiger partial charge on any atom is 0.269 e. The summed E-state index contributed by atoms with van der Waals surface area (Å²) in [5, 5.41) is 8.71. The predicted octanol–water partition coefficient (Wildman–Crippen LogP) is 1.57. The minimum atomic E-state index is -2.88. The van der Waals surface area contributed by atoms with Crippen molar-refractivity contribution in [3.05, 3.63) is 32.2 Å². The number of H-pyrrole nitrogens is 1. The van der Waals surface area contributed by atoms with Crippen LogP contribution in [-0.2, 0) is 6.61 Å². The summed E-state index contributed by atoms with van der Waals surface area (Å²) in [5.74, 6) is 0. The van der Waals surface area contributed by atoms with Crippen molar-refractivity contribution in [1.82, 2.24) is 4.98 Å². The summed E-state index contributed by atoms with van der Waals surface area (Å²) in [6.07, 6.45) is -2.88. The van der Waals surface area contributed by atoms with Gasteiger partial charge in [0.25, 0.3) is 12.0 Å². The monoisotopic (exact) mass is 253 g/mol. The molecule has 1 aromatic rings. The Kier molecular flexibility index (Phi) is 3.16. The SMILES string of the molecule is O=c1[nH]c(Br)cc(CO)c1C(F)F. The molecule has 0 saturated carbocycles. The number of hydrogen-bond acceptors (Lipinski definition) is 2. The van der Waals surface area contributed by atoms with E-state index in [0.29, 0.717) is 0 Å². The van der Waals surface area contributed by atoms with E-state index in [1.807, 2.05) is 0 Å². The Morgan fingerprint density at radius 1 is 1.62 bits per heavy atom. The van der Waals surface area contributed by atoms with Crippen molar-refractivity contribution < 1.29 is 13.9 Å². The van der Waals surface area contributed by atoms with Gasteiger partial charge in [-0.3, -0.25) is 4.79 Å². The van der Waals surface area contributed by atoms with Crippen LogP contribution in [-0.4, -0.2) is 10.1 Å². The van der Waals surface area contributed by atoms with Crippen molar-refractivity contribution in [1.29, 1.82) is 0 Å². The minimum absolute atomic E-state index is 0.0642. The first kappa shape index (κ1) is 10.3. The van der Waals surface area contributed by atoms with E-state index in [1.165, 1.54) is 6.07 Å². The Labute approximate surface area is 80.5 Å². The quantitative estimate of drug-likeness (QED) is 0.787. The zero-order valence-electron chi connectivity index (χ0n) is 6.35. The molecule has 0 aliphatic carbocycles. The number of nitrogens with one attached hydrogen (secondary N) is 1. The number of aromatic amines is 1. The molecule has 3 nitrogen and oxygen atoms in total. The van der Waals surface area contributed by atoms with Crippen LogP contribution >= 0.6 is 15.9 Å². The molecular formula is C7H6BrF2NO2. The van der Waals surface area contributed by atoms with Crippen LogP contribution in [0.1, 0.15) is 17.6 Å². The number of aromatic nitrogens is 1. The molecule has 0 fully saturated rings. The smallest absolute Gasteiger partial charge is 0.269 e. The van der Waals surface area contributed by atoms with Crippen molar-refractivity contribution in [3.63, 3.8) is 0 Å². The fourth-order valence-corrected chi connectivity index (χ4v) is 1.41. The van der Waals surface area contributed by atoms with Crippen LogP contribution in [0.15, 0.2) is 15.5 Å². The van der Waals surface area contributed by atoms with Gasteiger partial charge in [-0.25, -0.2) is 8.78 Å². The molecule has 1 aromatic heterocycles. The molecule has 0 radical (unpaired) electrons. The second kappa shape index (κ2) is 3.97. The van der Waals surface area contributed by atoms with Gasteiger partial charge in [0.1, 0.15) is 0 Å². The fraction of sp³-hybridized carbons (Fsp3) is 0.286. The summed E-state index contributed by atoms with van der Waals surface area (Å²) in [5.41, 5.74) is -1.62. The number of hydrogen-bond donors (Lipinski definition) is 2. The first-order chi connectivity index (χ1) is 6.06. The molecule has 6 heteroatoms. The Morgan fingerprint density at radius 2 is 2.23 bits per heavy atom. The topological polar surface area (TPSA) is 53.1 Å². The molecule has 0 atom stereocenters. The highest BCUT2D eigenvalue weighted by atomic mass is 79.9. The van der Waals surface area contributed by atoms with Gasteiger partial charge in [-0.05, 0) is 27.6 Å². The lowest BCUT2D eigenvalue weighted by atomic mass is 10.1.